The Kier molecular flexibility index (Phi) is 4.52. The summed E-state index contributed by atoms with van der Waals surface area (Å²) in [6.45, 7) is 8.21. The lowest BCUT2D eigenvalue weighted by Crippen LogP contribution is -2.35. The first kappa shape index (κ1) is 15.5. The number of hydrogen-bond acceptors (Lipinski definition) is 4. The Morgan fingerprint density at radius 2 is 1.91 bits per heavy atom. The van der Waals surface area contributed by atoms with Crippen LogP contribution in [0.5, 0.6) is 0 Å². The number of amides is 1. The van der Waals surface area contributed by atoms with Gasteiger partial charge >= 0.3 is 0 Å². The predicted octanol–water partition coefficient (Wildman–Crippen LogP) is 2.60. The molecule has 0 aliphatic carbocycles. The average molecular weight is 305 g/mol. The van der Waals surface area contributed by atoms with E-state index in [1.54, 1.807) is 6.07 Å². The van der Waals surface area contributed by atoms with Crippen LogP contribution in [0.3, 0.4) is 0 Å². The third-order valence-electron chi connectivity index (χ3n) is 5.26. The Hall–Kier alpha value is -1.36. The second-order valence-corrected chi connectivity index (χ2v) is 7.21. The van der Waals surface area contributed by atoms with Crippen LogP contribution in [0.1, 0.15) is 55.3 Å². The number of rotatable bonds is 3. The molecule has 1 aromatic heterocycles. The van der Waals surface area contributed by atoms with Crippen molar-refractivity contribution in [2.24, 2.45) is 11.8 Å². The molecule has 2 aliphatic heterocycles. The molecular formula is C17H27N3O2. The van der Waals surface area contributed by atoms with Crippen LogP contribution in [0.25, 0.3) is 0 Å². The number of carbonyl (C=O) groups is 1. The second-order valence-electron chi connectivity index (χ2n) is 7.21. The first-order valence-corrected chi connectivity index (χ1v) is 8.49. The van der Waals surface area contributed by atoms with E-state index in [0.29, 0.717) is 11.6 Å². The second kappa shape index (κ2) is 6.41. The molecule has 0 aromatic carbocycles. The predicted molar refractivity (Wildman–Crippen MR) is 84.8 cm³/mol. The highest BCUT2D eigenvalue weighted by molar-refractivity contribution is 5.92. The number of likely N-dealkylation sites (tertiary alicyclic amines) is 2. The Labute approximate surface area is 132 Å². The quantitative estimate of drug-likeness (QED) is 0.861. The van der Waals surface area contributed by atoms with Crippen molar-refractivity contribution in [3.05, 3.63) is 17.5 Å². The standard InChI is InChI=1S/C17H27N3O2/c1-12(2)16-10-15(18-22-16)17(21)20-9-6-14(11-20)13-4-7-19(3)8-5-13/h10,12-14H,4-9,11H2,1-3H3. The fraction of sp³-hybridized carbons (Fsp3) is 0.765. The molecule has 5 heteroatoms. The van der Waals surface area contributed by atoms with Gasteiger partial charge in [-0.05, 0) is 51.2 Å². The smallest absolute Gasteiger partial charge is 0.276 e. The number of carbonyl (C=O) groups excluding carboxylic acids is 1. The van der Waals surface area contributed by atoms with E-state index in [1.165, 1.54) is 25.9 Å². The van der Waals surface area contributed by atoms with Crippen molar-refractivity contribution >= 4 is 5.91 Å². The van der Waals surface area contributed by atoms with E-state index in [-0.39, 0.29) is 11.8 Å². The Morgan fingerprint density at radius 3 is 2.55 bits per heavy atom. The van der Waals surface area contributed by atoms with E-state index in [4.69, 9.17) is 4.52 Å². The molecule has 1 amide bonds. The SMILES string of the molecule is CC(C)c1cc(C(=O)N2CCC(C3CCN(C)CC3)C2)no1. The van der Waals surface area contributed by atoms with Crippen molar-refractivity contribution in [2.45, 2.75) is 39.0 Å². The number of aromatic nitrogens is 1. The van der Waals surface area contributed by atoms with Crippen molar-refractivity contribution in [1.29, 1.82) is 0 Å². The summed E-state index contributed by atoms with van der Waals surface area (Å²) in [5.74, 6) is 2.52. The Balaban J connectivity index is 1.58. The lowest BCUT2D eigenvalue weighted by molar-refractivity contribution is 0.0765. The van der Waals surface area contributed by atoms with E-state index in [9.17, 15) is 4.79 Å². The fourth-order valence-electron chi connectivity index (χ4n) is 3.68. The zero-order chi connectivity index (χ0) is 15.7. The van der Waals surface area contributed by atoms with E-state index in [2.05, 4.69) is 17.1 Å². The first-order chi connectivity index (χ1) is 10.5. The molecule has 22 heavy (non-hydrogen) atoms. The molecule has 0 radical (unpaired) electrons. The molecule has 2 fully saturated rings. The fourth-order valence-corrected chi connectivity index (χ4v) is 3.68. The number of nitrogens with zero attached hydrogens (tertiary/aromatic N) is 3. The topological polar surface area (TPSA) is 49.6 Å². The molecule has 0 bridgehead atoms. The summed E-state index contributed by atoms with van der Waals surface area (Å²) in [4.78, 5) is 16.9. The molecule has 3 rings (SSSR count). The van der Waals surface area contributed by atoms with Gasteiger partial charge in [-0.1, -0.05) is 19.0 Å². The van der Waals surface area contributed by atoms with E-state index in [1.807, 2.05) is 18.7 Å². The highest BCUT2D eigenvalue weighted by Gasteiger charge is 2.34. The van der Waals surface area contributed by atoms with Crippen molar-refractivity contribution in [3.8, 4) is 0 Å². The summed E-state index contributed by atoms with van der Waals surface area (Å²) in [5, 5.41) is 3.96. The minimum absolute atomic E-state index is 0.0334. The largest absolute Gasteiger partial charge is 0.360 e. The van der Waals surface area contributed by atoms with Gasteiger partial charge in [0.25, 0.3) is 5.91 Å². The van der Waals surface area contributed by atoms with Gasteiger partial charge in [0.2, 0.25) is 0 Å². The maximum absolute atomic E-state index is 12.6. The minimum atomic E-state index is 0.0334. The van der Waals surface area contributed by atoms with Gasteiger partial charge in [0.05, 0.1) is 0 Å². The van der Waals surface area contributed by atoms with Gasteiger partial charge in [0.15, 0.2) is 5.69 Å². The van der Waals surface area contributed by atoms with Gasteiger partial charge in [-0.15, -0.1) is 0 Å². The first-order valence-electron chi connectivity index (χ1n) is 8.49. The molecule has 2 aliphatic rings. The van der Waals surface area contributed by atoms with E-state index in [0.717, 1.165) is 31.2 Å². The third kappa shape index (κ3) is 3.19. The maximum Gasteiger partial charge on any atom is 0.276 e. The summed E-state index contributed by atoms with van der Waals surface area (Å²) in [7, 11) is 2.19. The summed E-state index contributed by atoms with van der Waals surface area (Å²) in [6.07, 6.45) is 3.67. The van der Waals surface area contributed by atoms with Crippen LogP contribution >= 0.6 is 0 Å². The van der Waals surface area contributed by atoms with Gasteiger partial charge in [0.1, 0.15) is 5.76 Å². The van der Waals surface area contributed by atoms with Crippen LogP contribution in [0.2, 0.25) is 0 Å². The van der Waals surface area contributed by atoms with Crippen molar-refractivity contribution < 1.29 is 9.32 Å². The van der Waals surface area contributed by atoms with Crippen LogP contribution in [-0.4, -0.2) is 54.1 Å². The number of hydrogen-bond donors (Lipinski definition) is 0. The van der Waals surface area contributed by atoms with Crippen LogP contribution < -0.4 is 0 Å². The van der Waals surface area contributed by atoms with Gasteiger partial charge < -0.3 is 14.3 Å². The van der Waals surface area contributed by atoms with Crippen LogP contribution in [0.4, 0.5) is 0 Å². The van der Waals surface area contributed by atoms with E-state index < -0.39 is 0 Å². The number of piperidine rings is 1. The monoisotopic (exact) mass is 305 g/mol. The highest BCUT2D eigenvalue weighted by atomic mass is 16.5. The molecule has 5 nitrogen and oxygen atoms in total. The van der Waals surface area contributed by atoms with Gasteiger partial charge in [-0.25, -0.2) is 0 Å². The van der Waals surface area contributed by atoms with Crippen LogP contribution in [-0.2, 0) is 0 Å². The van der Waals surface area contributed by atoms with Gasteiger partial charge in [-0.3, -0.25) is 4.79 Å². The average Bonchev–Trinajstić information content (AvgIpc) is 3.17. The van der Waals surface area contributed by atoms with Gasteiger partial charge in [0, 0.05) is 25.1 Å². The molecule has 1 unspecified atom stereocenters. The third-order valence-corrected chi connectivity index (χ3v) is 5.26. The summed E-state index contributed by atoms with van der Waals surface area (Å²) >= 11 is 0. The van der Waals surface area contributed by atoms with E-state index >= 15 is 0 Å². The van der Waals surface area contributed by atoms with Crippen molar-refractivity contribution in [2.75, 3.05) is 33.2 Å². The summed E-state index contributed by atoms with van der Waals surface area (Å²) < 4.78 is 5.26. The van der Waals surface area contributed by atoms with Crippen LogP contribution in [0.15, 0.2) is 10.6 Å². The summed E-state index contributed by atoms with van der Waals surface area (Å²) in [5.41, 5.74) is 0.465. The molecule has 2 saturated heterocycles. The van der Waals surface area contributed by atoms with Gasteiger partial charge in [-0.2, -0.15) is 0 Å². The normalized spacial score (nSPS) is 24.4. The molecule has 0 saturated carbocycles. The zero-order valence-corrected chi connectivity index (χ0v) is 13.9. The molecule has 1 atom stereocenters. The molecule has 122 valence electrons. The lowest BCUT2D eigenvalue weighted by atomic mass is 9.84. The summed E-state index contributed by atoms with van der Waals surface area (Å²) in [6, 6.07) is 1.80. The highest BCUT2D eigenvalue weighted by Crippen LogP contribution is 2.32. The Bertz CT molecular complexity index is 518. The van der Waals surface area contributed by atoms with Crippen molar-refractivity contribution in [1.82, 2.24) is 15.0 Å². The van der Waals surface area contributed by atoms with Crippen molar-refractivity contribution in [3.63, 3.8) is 0 Å². The molecule has 0 N–H and O–H groups in total. The maximum atomic E-state index is 12.6. The Morgan fingerprint density at radius 1 is 1.23 bits per heavy atom. The molecule has 1 aromatic rings. The lowest BCUT2D eigenvalue weighted by Gasteiger charge is -2.32. The molecule has 3 heterocycles. The van der Waals surface area contributed by atoms with Crippen LogP contribution in [0, 0.1) is 11.8 Å². The zero-order valence-electron chi connectivity index (χ0n) is 13.9. The minimum Gasteiger partial charge on any atom is -0.360 e. The molecule has 0 spiro atoms. The molecular weight excluding hydrogens is 278 g/mol.